The fourth-order valence-corrected chi connectivity index (χ4v) is 2.94. The Labute approximate surface area is 91.3 Å². The van der Waals surface area contributed by atoms with Crippen molar-refractivity contribution >= 4 is 11.4 Å². The second-order valence-electron chi connectivity index (χ2n) is 4.67. The Morgan fingerprint density at radius 3 is 3.20 bits per heavy atom. The van der Waals surface area contributed by atoms with Gasteiger partial charge in [-0.2, -0.15) is 0 Å². The van der Waals surface area contributed by atoms with Gasteiger partial charge in [0, 0.05) is 19.1 Å². The summed E-state index contributed by atoms with van der Waals surface area (Å²) in [6, 6.07) is 7.41. The highest BCUT2D eigenvalue weighted by Crippen LogP contribution is 2.37. The summed E-state index contributed by atoms with van der Waals surface area (Å²) in [7, 11) is 0. The van der Waals surface area contributed by atoms with E-state index in [-0.39, 0.29) is 0 Å². The van der Waals surface area contributed by atoms with Crippen LogP contribution in [0.5, 0.6) is 0 Å². The second-order valence-corrected chi connectivity index (χ2v) is 4.67. The largest absolute Gasteiger partial charge is 0.383 e. The van der Waals surface area contributed by atoms with E-state index in [4.69, 9.17) is 0 Å². The van der Waals surface area contributed by atoms with E-state index in [1.165, 1.54) is 42.7 Å². The first-order valence-electron chi connectivity index (χ1n) is 5.96. The minimum atomic E-state index is 0.778. The Bertz CT molecular complexity index is 373. The molecule has 0 bridgehead atoms. The molecule has 1 aromatic carbocycles. The van der Waals surface area contributed by atoms with Crippen LogP contribution in [0.2, 0.25) is 0 Å². The van der Waals surface area contributed by atoms with Crippen LogP contribution < -0.4 is 10.2 Å². The third kappa shape index (κ3) is 1.39. The van der Waals surface area contributed by atoms with Gasteiger partial charge in [0.1, 0.15) is 0 Å². The topological polar surface area (TPSA) is 15.3 Å². The summed E-state index contributed by atoms with van der Waals surface area (Å²) in [5.41, 5.74) is 4.16. The van der Waals surface area contributed by atoms with Crippen molar-refractivity contribution in [3.8, 4) is 0 Å². The predicted molar refractivity (Wildman–Crippen MR) is 64.7 cm³/mol. The summed E-state index contributed by atoms with van der Waals surface area (Å²) < 4.78 is 0. The molecule has 1 saturated heterocycles. The number of benzene rings is 1. The van der Waals surface area contributed by atoms with Gasteiger partial charge in [0.25, 0.3) is 0 Å². The molecule has 3 rings (SSSR count). The molecule has 0 radical (unpaired) electrons. The van der Waals surface area contributed by atoms with Gasteiger partial charge in [-0.25, -0.2) is 0 Å². The number of nitrogens with one attached hydrogen (secondary N) is 1. The lowest BCUT2D eigenvalue weighted by molar-refractivity contribution is 0.638. The second kappa shape index (κ2) is 3.44. The van der Waals surface area contributed by atoms with E-state index in [1.54, 1.807) is 0 Å². The minimum Gasteiger partial charge on any atom is -0.383 e. The summed E-state index contributed by atoms with van der Waals surface area (Å²) in [5, 5.41) is 3.58. The molecule has 0 aliphatic carbocycles. The number of hydrogen-bond acceptors (Lipinski definition) is 2. The molecule has 0 aromatic heterocycles. The zero-order valence-corrected chi connectivity index (χ0v) is 9.29. The zero-order valence-electron chi connectivity index (χ0n) is 9.29. The number of aryl methyl sites for hydroxylation is 1. The lowest BCUT2D eigenvalue weighted by atomic mass is 10.1. The van der Waals surface area contributed by atoms with E-state index in [1.807, 2.05) is 0 Å². The number of rotatable bonds is 0. The van der Waals surface area contributed by atoms with E-state index < -0.39 is 0 Å². The standard InChI is InChI=1S/C13H18N2/c1-10-4-2-6-12-13(10)14-8-7-11-5-3-9-15(11)12/h2,4,6,11,14H,3,5,7-9H2,1H3. The van der Waals surface area contributed by atoms with Crippen LogP contribution in [0.3, 0.4) is 0 Å². The normalized spacial score (nSPS) is 24.1. The molecule has 1 unspecified atom stereocenters. The van der Waals surface area contributed by atoms with Gasteiger partial charge in [0.05, 0.1) is 11.4 Å². The molecule has 2 heteroatoms. The molecule has 15 heavy (non-hydrogen) atoms. The number of hydrogen-bond donors (Lipinski definition) is 1. The van der Waals surface area contributed by atoms with E-state index >= 15 is 0 Å². The van der Waals surface area contributed by atoms with Crippen molar-refractivity contribution in [2.24, 2.45) is 0 Å². The third-order valence-corrected chi connectivity index (χ3v) is 3.72. The van der Waals surface area contributed by atoms with E-state index in [0.717, 1.165) is 12.6 Å². The molecule has 2 aliphatic rings. The van der Waals surface area contributed by atoms with Gasteiger partial charge in [-0.15, -0.1) is 0 Å². The van der Waals surface area contributed by atoms with Crippen LogP contribution in [0, 0.1) is 6.92 Å². The Kier molecular flexibility index (Phi) is 2.08. The van der Waals surface area contributed by atoms with Gasteiger partial charge in [-0.1, -0.05) is 12.1 Å². The lowest BCUT2D eigenvalue weighted by Crippen LogP contribution is -2.28. The predicted octanol–water partition coefficient (Wildman–Crippen LogP) is 2.78. The molecule has 2 nitrogen and oxygen atoms in total. The maximum absolute atomic E-state index is 3.58. The molecular weight excluding hydrogens is 184 g/mol. The van der Waals surface area contributed by atoms with Gasteiger partial charge in [-0.3, -0.25) is 0 Å². The van der Waals surface area contributed by atoms with Crippen LogP contribution in [-0.2, 0) is 0 Å². The van der Waals surface area contributed by atoms with E-state index in [2.05, 4.69) is 35.3 Å². The number of anilines is 2. The SMILES string of the molecule is Cc1cccc2c1NCCC1CCCN21. The fraction of sp³-hybridized carbons (Fsp3) is 0.538. The maximum atomic E-state index is 3.58. The van der Waals surface area contributed by atoms with Crippen molar-refractivity contribution in [2.45, 2.75) is 32.2 Å². The molecule has 0 amide bonds. The molecule has 1 aromatic rings. The van der Waals surface area contributed by atoms with Crippen molar-refractivity contribution in [3.05, 3.63) is 23.8 Å². The van der Waals surface area contributed by atoms with Gasteiger partial charge >= 0.3 is 0 Å². The number of fused-ring (bicyclic) bond motifs is 3. The first kappa shape index (κ1) is 9.08. The summed E-state index contributed by atoms with van der Waals surface area (Å²) in [5.74, 6) is 0. The van der Waals surface area contributed by atoms with E-state index in [0.29, 0.717) is 0 Å². The smallest absolute Gasteiger partial charge is 0.0607 e. The van der Waals surface area contributed by atoms with Crippen LogP contribution in [0.1, 0.15) is 24.8 Å². The van der Waals surface area contributed by atoms with E-state index in [9.17, 15) is 0 Å². The van der Waals surface area contributed by atoms with Gasteiger partial charge in [0.2, 0.25) is 0 Å². The Hall–Kier alpha value is -1.18. The summed E-state index contributed by atoms with van der Waals surface area (Å²) in [6.45, 7) is 4.56. The number of nitrogens with zero attached hydrogens (tertiary/aromatic N) is 1. The third-order valence-electron chi connectivity index (χ3n) is 3.72. The molecule has 2 aliphatic heterocycles. The molecule has 1 N–H and O–H groups in total. The van der Waals surface area contributed by atoms with Crippen LogP contribution >= 0.6 is 0 Å². The Morgan fingerprint density at radius 1 is 1.33 bits per heavy atom. The molecule has 1 atom stereocenters. The average molecular weight is 202 g/mol. The molecule has 1 fully saturated rings. The summed E-state index contributed by atoms with van der Waals surface area (Å²) in [4.78, 5) is 2.60. The molecule has 80 valence electrons. The van der Waals surface area contributed by atoms with Gasteiger partial charge in [0.15, 0.2) is 0 Å². The molecular formula is C13H18N2. The first-order chi connectivity index (χ1) is 7.36. The minimum absolute atomic E-state index is 0.778. The highest BCUT2D eigenvalue weighted by atomic mass is 15.2. The lowest BCUT2D eigenvalue weighted by Gasteiger charge is -2.25. The summed E-state index contributed by atoms with van der Waals surface area (Å²) in [6.07, 6.45) is 4.02. The molecule has 2 heterocycles. The van der Waals surface area contributed by atoms with Gasteiger partial charge < -0.3 is 10.2 Å². The quantitative estimate of drug-likeness (QED) is 0.696. The highest BCUT2D eigenvalue weighted by molar-refractivity contribution is 5.74. The molecule has 0 spiro atoms. The Morgan fingerprint density at radius 2 is 2.27 bits per heavy atom. The van der Waals surface area contributed by atoms with Crippen LogP contribution in [0.25, 0.3) is 0 Å². The van der Waals surface area contributed by atoms with Crippen molar-refractivity contribution in [2.75, 3.05) is 23.3 Å². The van der Waals surface area contributed by atoms with Crippen LogP contribution in [0.4, 0.5) is 11.4 Å². The average Bonchev–Trinajstić information content (AvgIpc) is 2.62. The maximum Gasteiger partial charge on any atom is 0.0607 e. The highest BCUT2D eigenvalue weighted by Gasteiger charge is 2.28. The van der Waals surface area contributed by atoms with Crippen molar-refractivity contribution in [3.63, 3.8) is 0 Å². The summed E-state index contributed by atoms with van der Waals surface area (Å²) >= 11 is 0. The van der Waals surface area contributed by atoms with Crippen molar-refractivity contribution in [1.82, 2.24) is 0 Å². The zero-order chi connectivity index (χ0) is 10.3. The fourth-order valence-electron chi connectivity index (χ4n) is 2.94. The van der Waals surface area contributed by atoms with Crippen molar-refractivity contribution in [1.29, 1.82) is 0 Å². The van der Waals surface area contributed by atoms with Crippen LogP contribution in [-0.4, -0.2) is 19.1 Å². The van der Waals surface area contributed by atoms with Gasteiger partial charge in [-0.05, 0) is 37.8 Å². The molecule has 0 saturated carbocycles. The first-order valence-corrected chi connectivity index (χ1v) is 5.96. The number of para-hydroxylation sites is 1. The monoisotopic (exact) mass is 202 g/mol. The Balaban J connectivity index is 2.09. The van der Waals surface area contributed by atoms with Crippen molar-refractivity contribution < 1.29 is 0 Å². The van der Waals surface area contributed by atoms with Crippen LogP contribution in [0.15, 0.2) is 18.2 Å².